The Morgan fingerprint density at radius 1 is 1.24 bits per heavy atom. The fourth-order valence-electron chi connectivity index (χ4n) is 4.14. The minimum absolute atomic E-state index is 0.0167. The van der Waals surface area contributed by atoms with Gasteiger partial charge in [0.1, 0.15) is 0 Å². The molecule has 1 saturated carbocycles. The molecular formula is C15H15NO. The smallest absolute Gasteiger partial charge is 0.224 e. The van der Waals surface area contributed by atoms with Crippen LogP contribution in [-0.4, -0.2) is 12.5 Å². The highest BCUT2D eigenvalue weighted by Gasteiger charge is 2.60. The molecule has 86 valence electrons. The fraction of sp³-hybridized carbons (Fsp3) is 0.400. The Balaban J connectivity index is 1.88. The van der Waals surface area contributed by atoms with Crippen LogP contribution in [0, 0.1) is 17.8 Å². The van der Waals surface area contributed by atoms with E-state index in [1.807, 2.05) is 6.07 Å². The van der Waals surface area contributed by atoms with Gasteiger partial charge in [0.15, 0.2) is 0 Å². The van der Waals surface area contributed by atoms with Gasteiger partial charge in [0.2, 0.25) is 5.91 Å². The standard InChI is InChI=1S/C15H15NO/c17-14-13-12(9-16-14)10-6-7-15(13,8-10)11-4-2-1-3-5-11/h1-7,10,12-13H,8-9H2,(H,16,17). The number of fused-ring (bicyclic) bond motifs is 5. The fourth-order valence-corrected chi connectivity index (χ4v) is 4.14. The number of rotatable bonds is 1. The van der Waals surface area contributed by atoms with Crippen molar-refractivity contribution in [3.63, 3.8) is 0 Å². The van der Waals surface area contributed by atoms with Crippen LogP contribution in [0.2, 0.25) is 0 Å². The predicted molar refractivity (Wildman–Crippen MR) is 65.4 cm³/mol. The first-order valence-electron chi connectivity index (χ1n) is 6.34. The summed E-state index contributed by atoms with van der Waals surface area (Å²) in [6.45, 7) is 0.868. The largest absolute Gasteiger partial charge is 0.355 e. The maximum absolute atomic E-state index is 12.1. The van der Waals surface area contributed by atoms with Crippen molar-refractivity contribution in [3.05, 3.63) is 48.0 Å². The van der Waals surface area contributed by atoms with E-state index in [9.17, 15) is 4.79 Å². The lowest BCUT2D eigenvalue weighted by atomic mass is 9.70. The summed E-state index contributed by atoms with van der Waals surface area (Å²) in [4.78, 5) is 12.1. The van der Waals surface area contributed by atoms with Crippen molar-refractivity contribution in [1.29, 1.82) is 0 Å². The molecule has 1 amide bonds. The van der Waals surface area contributed by atoms with Crippen molar-refractivity contribution in [2.24, 2.45) is 17.8 Å². The van der Waals surface area contributed by atoms with E-state index in [1.165, 1.54) is 5.56 Å². The third kappa shape index (κ3) is 1.03. The molecule has 1 aliphatic heterocycles. The zero-order valence-electron chi connectivity index (χ0n) is 9.60. The first kappa shape index (κ1) is 9.46. The van der Waals surface area contributed by atoms with Gasteiger partial charge < -0.3 is 5.32 Å². The molecule has 2 fully saturated rings. The molecule has 4 unspecified atom stereocenters. The normalized spacial score (nSPS) is 41.6. The summed E-state index contributed by atoms with van der Waals surface area (Å²) in [6, 6.07) is 10.5. The van der Waals surface area contributed by atoms with Gasteiger partial charge in [-0.3, -0.25) is 4.79 Å². The summed E-state index contributed by atoms with van der Waals surface area (Å²) in [5.74, 6) is 1.54. The molecule has 2 aliphatic carbocycles. The van der Waals surface area contributed by atoms with E-state index in [1.54, 1.807) is 0 Å². The second-order valence-electron chi connectivity index (χ2n) is 5.52. The number of allylic oxidation sites excluding steroid dienone is 2. The highest BCUT2D eigenvalue weighted by atomic mass is 16.2. The third-order valence-corrected chi connectivity index (χ3v) is 4.85. The molecule has 2 heteroatoms. The molecule has 1 heterocycles. The average Bonchev–Trinajstić information content (AvgIpc) is 3.03. The predicted octanol–water partition coefficient (Wildman–Crippen LogP) is 1.88. The Morgan fingerprint density at radius 3 is 2.88 bits per heavy atom. The lowest BCUT2D eigenvalue weighted by molar-refractivity contribution is -0.123. The SMILES string of the molecule is O=C1NCC2C3C=CC(c4ccccc4)(C3)C12. The summed E-state index contributed by atoms with van der Waals surface area (Å²) in [7, 11) is 0. The van der Waals surface area contributed by atoms with Crippen LogP contribution in [0.3, 0.4) is 0 Å². The van der Waals surface area contributed by atoms with E-state index < -0.39 is 0 Å². The molecule has 1 aromatic rings. The van der Waals surface area contributed by atoms with E-state index in [0.717, 1.165) is 13.0 Å². The van der Waals surface area contributed by atoms with Crippen LogP contribution < -0.4 is 5.32 Å². The van der Waals surface area contributed by atoms with Crippen LogP contribution >= 0.6 is 0 Å². The molecule has 2 nitrogen and oxygen atoms in total. The van der Waals surface area contributed by atoms with Gasteiger partial charge in [-0.15, -0.1) is 0 Å². The molecule has 17 heavy (non-hydrogen) atoms. The van der Waals surface area contributed by atoms with Crippen molar-refractivity contribution >= 4 is 5.91 Å². The van der Waals surface area contributed by atoms with E-state index in [4.69, 9.17) is 0 Å². The molecule has 0 aromatic heterocycles. The summed E-state index contributed by atoms with van der Waals surface area (Å²) in [5, 5.41) is 3.04. The van der Waals surface area contributed by atoms with Gasteiger partial charge in [-0.1, -0.05) is 42.5 Å². The molecule has 1 N–H and O–H groups in total. The lowest BCUT2D eigenvalue weighted by Gasteiger charge is -2.31. The minimum atomic E-state index is -0.0167. The second-order valence-corrected chi connectivity index (χ2v) is 5.52. The van der Waals surface area contributed by atoms with Crippen LogP contribution in [0.4, 0.5) is 0 Å². The van der Waals surface area contributed by atoms with Crippen LogP contribution in [0.15, 0.2) is 42.5 Å². The Hall–Kier alpha value is -1.57. The van der Waals surface area contributed by atoms with Crippen molar-refractivity contribution in [1.82, 2.24) is 5.32 Å². The van der Waals surface area contributed by atoms with Crippen molar-refractivity contribution in [3.8, 4) is 0 Å². The van der Waals surface area contributed by atoms with Crippen LogP contribution in [0.1, 0.15) is 12.0 Å². The molecule has 4 atom stereocenters. The molecular weight excluding hydrogens is 210 g/mol. The zero-order valence-corrected chi connectivity index (χ0v) is 9.60. The van der Waals surface area contributed by atoms with Crippen molar-refractivity contribution in [2.75, 3.05) is 6.54 Å². The van der Waals surface area contributed by atoms with Gasteiger partial charge in [-0.2, -0.15) is 0 Å². The maximum atomic E-state index is 12.1. The van der Waals surface area contributed by atoms with Gasteiger partial charge in [0.05, 0.1) is 5.92 Å². The molecule has 3 aliphatic rings. The average molecular weight is 225 g/mol. The number of nitrogens with one attached hydrogen (secondary N) is 1. The summed E-state index contributed by atoms with van der Waals surface area (Å²) >= 11 is 0. The van der Waals surface area contributed by atoms with Gasteiger partial charge in [-0.05, 0) is 23.8 Å². The number of amides is 1. The highest BCUT2D eigenvalue weighted by Crippen LogP contribution is 2.58. The monoisotopic (exact) mass is 225 g/mol. The number of hydrogen-bond donors (Lipinski definition) is 1. The topological polar surface area (TPSA) is 29.1 Å². The first-order valence-corrected chi connectivity index (χ1v) is 6.34. The molecule has 0 radical (unpaired) electrons. The molecule has 0 spiro atoms. The summed E-state index contributed by atoms with van der Waals surface area (Å²) in [6.07, 6.45) is 5.74. The molecule has 1 aromatic carbocycles. The van der Waals surface area contributed by atoms with E-state index in [-0.39, 0.29) is 17.2 Å². The number of benzene rings is 1. The highest BCUT2D eigenvalue weighted by molar-refractivity contribution is 5.85. The lowest BCUT2D eigenvalue weighted by Crippen LogP contribution is -2.36. The van der Waals surface area contributed by atoms with E-state index in [0.29, 0.717) is 11.8 Å². The number of carbonyl (C=O) groups is 1. The van der Waals surface area contributed by atoms with Gasteiger partial charge >= 0.3 is 0 Å². The Bertz CT molecular complexity index is 507. The maximum Gasteiger partial charge on any atom is 0.224 e. The molecule has 4 rings (SSSR count). The van der Waals surface area contributed by atoms with Gasteiger partial charge in [0.25, 0.3) is 0 Å². The quantitative estimate of drug-likeness (QED) is 0.726. The van der Waals surface area contributed by atoms with Crippen LogP contribution in [0.25, 0.3) is 0 Å². The van der Waals surface area contributed by atoms with Gasteiger partial charge in [-0.25, -0.2) is 0 Å². The minimum Gasteiger partial charge on any atom is -0.355 e. The van der Waals surface area contributed by atoms with Crippen LogP contribution in [0.5, 0.6) is 0 Å². The number of carbonyl (C=O) groups excluding carboxylic acids is 1. The number of hydrogen-bond acceptors (Lipinski definition) is 1. The Kier molecular flexibility index (Phi) is 1.67. The summed E-state index contributed by atoms with van der Waals surface area (Å²) < 4.78 is 0. The first-order chi connectivity index (χ1) is 8.31. The van der Waals surface area contributed by atoms with Crippen molar-refractivity contribution < 1.29 is 4.79 Å². The zero-order chi connectivity index (χ0) is 11.5. The second kappa shape index (κ2) is 3.00. The third-order valence-electron chi connectivity index (χ3n) is 4.85. The molecule has 1 saturated heterocycles. The molecule has 2 bridgehead atoms. The van der Waals surface area contributed by atoms with Gasteiger partial charge in [0, 0.05) is 12.0 Å². The summed E-state index contributed by atoms with van der Waals surface area (Å²) in [5.41, 5.74) is 1.29. The Morgan fingerprint density at radius 2 is 2.06 bits per heavy atom. The van der Waals surface area contributed by atoms with E-state index in [2.05, 4.69) is 41.7 Å². The van der Waals surface area contributed by atoms with E-state index >= 15 is 0 Å². The van der Waals surface area contributed by atoms with Crippen molar-refractivity contribution in [2.45, 2.75) is 11.8 Å². The van der Waals surface area contributed by atoms with Crippen LogP contribution in [-0.2, 0) is 10.2 Å². The Labute approximate surface area is 101 Å².